The number of hydrogen-bond donors (Lipinski definition) is 2. The molecular formula is C20H20N4O4. The molecule has 0 aliphatic carbocycles. The number of nitrogens with one attached hydrogen (secondary N) is 2. The number of rotatable bonds is 8. The Labute approximate surface area is 162 Å². The average Bonchev–Trinajstić information content (AvgIpc) is 2.72. The van der Waals surface area contributed by atoms with E-state index >= 15 is 0 Å². The van der Waals surface area contributed by atoms with Gasteiger partial charge in [0.2, 0.25) is 0 Å². The lowest BCUT2D eigenvalue weighted by molar-refractivity contribution is -0.114. The van der Waals surface area contributed by atoms with E-state index < -0.39 is 6.09 Å². The van der Waals surface area contributed by atoms with Gasteiger partial charge in [-0.2, -0.15) is 0 Å². The van der Waals surface area contributed by atoms with Gasteiger partial charge in [-0.3, -0.25) is 10.1 Å². The van der Waals surface area contributed by atoms with E-state index in [0.717, 1.165) is 0 Å². The van der Waals surface area contributed by atoms with Crippen molar-refractivity contribution in [2.45, 2.75) is 13.0 Å². The van der Waals surface area contributed by atoms with Crippen molar-refractivity contribution in [1.29, 1.82) is 0 Å². The zero-order valence-electron chi connectivity index (χ0n) is 15.3. The summed E-state index contributed by atoms with van der Waals surface area (Å²) in [7, 11) is 1.51. The van der Waals surface area contributed by atoms with Gasteiger partial charge in [0, 0.05) is 19.0 Å². The summed E-state index contributed by atoms with van der Waals surface area (Å²) in [6.07, 6.45) is 4.78. The molecule has 0 bridgehead atoms. The van der Waals surface area contributed by atoms with E-state index in [-0.39, 0.29) is 24.8 Å². The van der Waals surface area contributed by atoms with Crippen molar-refractivity contribution in [2.24, 2.45) is 5.16 Å². The summed E-state index contributed by atoms with van der Waals surface area (Å²) in [5.74, 6) is 2.30. The highest BCUT2D eigenvalue weighted by Gasteiger charge is 2.13. The molecule has 8 heteroatoms. The van der Waals surface area contributed by atoms with Gasteiger partial charge in [-0.1, -0.05) is 41.6 Å². The topological polar surface area (TPSA) is 102 Å². The van der Waals surface area contributed by atoms with Crippen LogP contribution in [0.3, 0.4) is 0 Å². The van der Waals surface area contributed by atoms with Gasteiger partial charge in [0.05, 0.1) is 5.69 Å². The van der Waals surface area contributed by atoms with Crippen LogP contribution >= 0.6 is 0 Å². The Kier molecular flexibility index (Phi) is 8.02. The summed E-state index contributed by atoms with van der Waals surface area (Å²) in [6, 6.07) is 14.0. The van der Waals surface area contributed by atoms with E-state index in [1.165, 1.54) is 7.05 Å². The van der Waals surface area contributed by atoms with Gasteiger partial charge in [-0.25, -0.2) is 9.78 Å². The lowest BCUT2D eigenvalue weighted by Crippen LogP contribution is -2.28. The molecule has 2 amide bonds. The quantitative estimate of drug-likeness (QED) is 0.317. The number of terminal acetylenes is 1. The summed E-state index contributed by atoms with van der Waals surface area (Å²) in [4.78, 5) is 33.2. The van der Waals surface area contributed by atoms with E-state index in [0.29, 0.717) is 23.5 Å². The van der Waals surface area contributed by atoms with Gasteiger partial charge in [-0.05, 0) is 12.1 Å². The molecule has 2 aromatic rings. The zero-order chi connectivity index (χ0) is 20.2. The van der Waals surface area contributed by atoms with Crippen molar-refractivity contribution in [3.63, 3.8) is 0 Å². The average molecular weight is 380 g/mol. The van der Waals surface area contributed by atoms with E-state index in [9.17, 15) is 9.59 Å². The van der Waals surface area contributed by atoms with E-state index in [4.69, 9.17) is 16.0 Å². The molecule has 1 aromatic carbocycles. The molecule has 0 atom stereocenters. The second-order valence-electron chi connectivity index (χ2n) is 5.39. The van der Waals surface area contributed by atoms with Crippen LogP contribution in [0.5, 0.6) is 0 Å². The Morgan fingerprint density at radius 2 is 1.96 bits per heavy atom. The Balaban J connectivity index is 1.99. The Hall–Kier alpha value is -3.86. The summed E-state index contributed by atoms with van der Waals surface area (Å²) in [5.41, 5.74) is 1.28. The number of nitrogens with zero attached hydrogens (tertiary/aromatic N) is 2. The molecule has 144 valence electrons. The van der Waals surface area contributed by atoms with Crippen molar-refractivity contribution in [1.82, 2.24) is 10.3 Å². The predicted molar refractivity (Wildman–Crippen MR) is 104 cm³/mol. The van der Waals surface area contributed by atoms with Crippen LogP contribution in [0, 0.1) is 12.3 Å². The number of oxime groups is 1. The van der Waals surface area contributed by atoms with Gasteiger partial charge >= 0.3 is 6.09 Å². The van der Waals surface area contributed by atoms with Gasteiger partial charge in [-0.15, -0.1) is 12.3 Å². The van der Waals surface area contributed by atoms with E-state index in [2.05, 4.69) is 26.7 Å². The third-order valence-electron chi connectivity index (χ3n) is 3.37. The molecule has 1 heterocycles. The summed E-state index contributed by atoms with van der Waals surface area (Å²) < 4.78 is 4.90. The molecule has 0 unspecified atom stereocenters. The van der Waals surface area contributed by atoms with Crippen molar-refractivity contribution in [3.05, 3.63) is 59.8 Å². The molecule has 28 heavy (non-hydrogen) atoms. The molecule has 1 aromatic heterocycles. The Bertz CT molecular complexity index is 875. The second kappa shape index (κ2) is 11.0. The fourth-order valence-electron chi connectivity index (χ4n) is 2.08. The minimum absolute atomic E-state index is 0.00892. The maximum Gasteiger partial charge on any atom is 0.412 e. The molecule has 0 spiro atoms. The second-order valence-corrected chi connectivity index (χ2v) is 5.39. The number of ether oxygens (including phenoxy) is 1. The molecule has 0 saturated carbocycles. The number of hydrogen-bond acceptors (Lipinski definition) is 6. The molecule has 8 nitrogen and oxygen atoms in total. The molecule has 0 aliphatic heterocycles. The van der Waals surface area contributed by atoms with Gasteiger partial charge in [0.1, 0.15) is 12.4 Å². The van der Waals surface area contributed by atoms with Gasteiger partial charge in [0.25, 0.3) is 5.91 Å². The number of likely N-dealkylation sites (N-methyl/N-ethyl adjacent to an activating group) is 1. The van der Waals surface area contributed by atoms with Crippen molar-refractivity contribution in [3.8, 4) is 12.3 Å². The first-order valence-electron chi connectivity index (χ1n) is 8.44. The molecule has 0 radical (unpaired) electrons. The van der Waals surface area contributed by atoms with Crippen LogP contribution in [0.1, 0.15) is 17.7 Å². The molecule has 0 aliphatic rings. The number of aromatic nitrogens is 1. The highest BCUT2D eigenvalue weighted by molar-refractivity contribution is 6.45. The maximum atomic E-state index is 12.0. The van der Waals surface area contributed by atoms with E-state index in [1.807, 2.05) is 6.07 Å². The number of carbonyl (C=O) groups excluding carboxylic acids is 2. The smallest absolute Gasteiger partial charge is 0.412 e. The maximum absolute atomic E-state index is 12.0. The largest absolute Gasteiger partial charge is 0.448 e. The van der Waals surface area contributed by atoms with Crippen LogP contribution in [-0.4, -0.2) is 36.4 Å². The molecular weight excluding hydrogens is 360 g/mol. The molecule has 2 N–H and O–H groups in total. The third-order valence-corrected chi connectivity index (χ3v) is 3.37. The first-order valence-corrected chi connectivity index (χ1v) is 8.44. The number of amides is 2. The standard InChI is InChI=1S/C20H20N4O4/c1-3-4-13-27-20(26)23-17-12-8-11-16(22-17)14-28-24-18(19(25)21-2)15-9-6-5-7-10-15/h1,5-12H,4,13-14H2,2H3,(H,21,25)(H,22,23,26)/b24-18-. The van der Waals surface area contributed by atoms with Crippen LogP contribution in [0.4, 0.5) is 10.6 Å². The van der Waals surface area contributed by atoms with Crippen LogP contribution < -0.4 is 10.6 Å². The summed E-state index contributed by atoms with van der Waals surface area (Å²) >= 11 is 0. The molecule has 2 rings (SSSR count). The van der Waals surface area contributed by atoms with Crippen LogP contribution in [-0.2, 0) is 21.0 Å². The van der Waals surface area contributed by atoms with Crippen LogP contribution in [0.25, 0.3) is 0 Å². The SMILES string of the molecule is C#CCCOC(=O)Nc1cccc(CO/N=C(\C(=O)NC)c2ccccc2)n1. The number of anilines is 1. The van der Waals surface area contributed by atoms with Gasteiger partial charge in [0.15, 0.2) is 12.3 Å². The Morgan fingerprint density at radius 3 is 2.68 bits per heavy atom. The van der Waals surface area contributed by atoms with Crippen molar-refractivity contribution in [2.75, 3.05) is 19.0 Å². The number of carbonyl (C=O) groups is 2. The Morgan fingerprint density at radius 1 is 1.18 bits per heavy atom. The van der Waals surface area contributed by atoms with Crippen molar-refractivity contribution >= 4 is 23.5 Å². The molecule has 0 fully saturated rings. The van der Waals surface area contributed by atoms with Gasteiger partial charge < -0.3 is 14.9 Å². The lowest BCUT2D eigenvalue weighted by atomic mass is 10.1. The van der Waals surface area contributed by atoms with E-state index in [1.54, 1.807) is 42.5 Å². The molecule has 0 saturated heterocycles. The zero-order valence-corrected chi connectivity index (χ0v) is 15.3. The fraction of sp³-hybridized carbons (Fsp3) is 0.200. The van der Waals surface area contributed by atoms with Crippen molar-refractivity contribution < 1.29 is 19.2 Å². The van der Waals surface area contributed by atoms with Crippen LogP contribution in [0.2, 0.25) is 0 Å². The minimum Gasteiger partial charge on any atom is -0.448 e. The third kappa shape index (κ3) is 6.46. The first-order chi connectivity index (χ1) is 13.6. The summed E-state index contributed by atoms with van der Waals surface area (Å²) in [5, 5.41) is 8.96. The lowest BCUT2D eigenvalue weighted by Gasteiger charge is -2.08. The normalized spacial score (nSPS) is 10.5. The first kappa shape index (κ1) is 20.5. The highest BCUT2D eigenvalue weighted by Crippen LogP contribution is 2.08. The number of pyridine rings is 1. The predicted octanol–water partition coefficient (Wildman–Crippen LogP) is 2.32. The minimum atomic E-state index is -0.648. The monoisotopic (exact) mass is 380 g/mol. The highest BCUT2D eigenvalue weighted by atomic mass is 16.6. The van der Waals surface area contributed by atoms with Crippen LogP contribution in [0.15, 0.2) is 53.7 Å². The fourth-order valence-corrected chi connectivity index (χ4v) is 2.08. The number of benzene rings is 1. The summed E-state index contributed by atoms with van der Waals surface area (Å²) in [6.45, 7) is 0.136.